The van der Waals surface area contributed by atoms with E-state index in [9.17, 15) is 24.0 Å². The Morgan fingerprint density at radius 2 is 1.57 bits per heavy atom. The zero-order chi connectivity index (χ0) is 39.9. The van der Waals surface area contributed by atoms with Gasteiger partial charge in [-0.15, -0.1) is 0 Å². The highest BCUT2D eigenvalue weighted by Crippen LogP contribution is 2.52. The predicted octanol–water partition coefficient (Wildman–Crippen LogP) is 5.71. The summed E-state index contributed by atoms with van der Waals surface area (Å²) in [6, 6.07) is 21.4. The van der Waals surface area contributed by atoms with Crippen LogP contribution in [0.15, 0.2) is 66.7 Å². The van der Waals surface area contributed by atoms with Crippen LogP contribution in [-0.4, -0.2) is 106 Å². The van der Waals surface area contributed by atoms with Gasteiger partial charge in [0, 0.05) is 74.2 Å². The SMILES string of the molecule is CC(=O)c1c(C)[nH]c(-c2nc3ccc(N4CCN(C5CC6(CCN(c7cccc8c7C(=O)N(C7CCC(=O)NC7=O)C8=O)CC6)C5)CC4)cc3[nH]2)c1-c1ccccc1. The Hall–Kier alpha value is -6.08. The highest BCUT2D eigenvalue weighted by Gasteiger charge is 2.50. The number of piperidine rings is 2. The van der Waals surface area contributed by atoms with Crippen molar-refractivity contribution in [1.82, 2.24) is 30.1 Å². The van der Waals surface area contributed by atoms with E-state index >= 15 is 0 Å². The number of rotatable bonds is 7. The van der Waals surface area contributed by atoms with Crippen molar-refractivity contribution >= 4 is 51.8 Å². The van der Waals surface area contributed by atoms with Gasteiger partial charge in [-0.1, -0.05) is 36.4 Å². The van der Waals surface area contributed by atoms with Gasteiger partial charge >= 0.3 is 0 Å². The molecule has 13 nitrogen and oxygen atoms in total. The number of aromatic amines is 2. The summed E-state index contributed by atoms with van der Waals surface area (Å²) in [5, 5.41) is 2.28. The second-order valence-corrected chi connectivity index (χ2v) is 16.8. The number of aryl methyl sites for hydroxylation is 1. The normalized spacial score (nSPS) is 21.2. The molecule has 296 valence electrons. The number of piperazine rings is 1. The number of H-pyrrole nitrogens is 2. The van der Waals surface area contributed by atoms with E-state index in [-0.39, 0.29) is 24.5 Å². The summed E-state index contributed by atoms with van der Waals surface area (Å²) in [7, 11) is 0. The van der Waals surface area contributed by atoms with Crippen LogP contribution in [0.25, 0.3) is 33.7 Å². The van der Waals surface area contributed by atoms with E-state index in [1.165, 1.54) is 18.5 Å². The lowest BCUT2D eigenvalue weighted by Crippen LogP contribution is -2.59. The Morgan fingerprint density at radius 3 is 2.29 bits per heavy atom. The lowest BCUT2D eigenvalue weighted by molar-refractivity contribution is -0.136. The number of carbonyl (C=O) groups excluding carboxylic acids is 5. The first kappa shape index (κ1) is 36.3. The molecule has 4 aliphatic heterocycles. The first-order valence-electron chi connectivity index (χ1n) is 20.4. The van der Waals surface area contributed by atoms with Gasteiger partial charge in [-0.2, -0.15) is 0 Å². The maximum absolute atomic E-state index is 13.7. The fourth-order valence-electron chi connectivity index (χ4n) is 10.4. The smallest absolute Gasteiger partial charge is 0.264 e. The van der Waals surface area contributed by atoms with Gasteiger partial charge in [0.1, 0.15) is 6.04 Å². The van der Waals surface area contributed by atoms with E-state index < -0.39 is 23.8 Å². The van der Waals surface area contributed by atoms with Crippen LogP contribution in [0, 0.1) is 12.3 Å². The standard InChI is InChI=1S/C45H46N8O5/c1-26-37(27(2)54)38(28-7-4-3-5-8-28)40(46-26)41-47-32-12-11-29(23-33(32)48-41)50-19-21-51(22-20-50)30-24-45(25-30)15-17-52(18-16-45)34-10-6-9-31-39(34)44(58)53(43(31)57)35-13-14-36(55)49-42(35)56/h3-12,23,30,35,46H,13-22,24-25H2,1-2H3,(H,47,48)(H,49,55,56). The zero-order valence-corrected chi connectivity index (χ0v) is 32.8. The van der Waals surface area contributed by atoms with Crippen molar-refractivity contribution in [3.8, 4) is 22.6 Å². The summed E-state index contributed by atoms with van der Waals surface area (Å²) in [6.07, 6.45) is 4.65. The Morgan fingerprint density at radius 1 is 0.810 bits per heavy atom. The van der Waals surface area contributed by atoms with Crippen molar-refractivity contribution in [2.75, 3.05) is 49.1 Å². The molecule has 3 N–H and O–H groups in total. The van der Waals surface area contributed by atoms with Gasteiger partial charge in [0.25, 0.3) is 11.8 Å². The molecule has 10 rings (SSSR count). The highest BCUT2D eigenvalue weighted by atomic mass is 16.2. The number of amides is 4. The minimum Gasteiger partial charge on any atom is -0.371 e. The number of aromatic nitrogens is 3. The summed E-state index contributed by atoms with van der Waals surface area (Å²) < 4.78 is 0. The zero-order valence-electron chi connectivity index (χ0n) is 32.8. The van der Waals surface area contributed by atoms with Crippen molar-refractivity contribution in [3.05, 3.63) is 89.1 Å². The van der Waals surface area contributed by atoms with Gasteiger partial charge in [0.2, 0.25) is 11.8 Å². The molecular weight excluding hydrogens is 733 g/mol. The van der Waals surface area contributed by atoms with Gasteiger partial charge in [-0.3, -0.25) is 39.1 Å². The van der Waals surface area contributed by atoms with Crippen molar-refractivity contribution in [2.45, 2.75) is 64.5 Å². The summed E-state index contributed by atoms with van der Waals surface area (Å²) >= 11 is 0. The number of nitrogens with one attached hydrogen (secondary N) is 3. The number of fused-ring (bicyclic) bond motifs is 2. The van der Waals surface area contributed by atoms with E-state index in [1.807, 2.05) is 49.4 Å². The average Bonchev–Trinajstić information content (AvgIpc) is 3.88. The second-order valence-electron chi connectivity index (χ2n) is 16.8. The number of Topliss-reactive ketones (excluding diaryl/α,β-unsaturated/α-hetero) is 1. The third kappa shape index (κ3) is 5.93. The van der Waals surface area contributed by atoms with Crippen LogP contribution in [0.1, 0.15) is 82.2 Å². The number of carbonyl (C=O) groups is 5. The molecule has 1 atom stereocenters. The van der Waals surface area contributed by atoms with Crippen molar-refractivity contribution < 1.29 is 24.0 Å². The van der Waals surface area contributed by atoms with Crippen molar-refractivity contribution in [1.29, 1.82) is 0 Å². The third-order valence-electron chi connectivity index (χ3n) is 13.4. The van der Waals surface area contributed by atoms with E-state index in [1.54, 1.807) is 13.0 Å². The molecule has 1 unspecified atom stereocenters. The molecule has 58 heavy (non-hydrogen) atoms. The number of nitrogens with zero attached hydrogens (tertiary/aromatic N) is 5. The number of hydrogen-bond donors (Lipinski definition) is 3. The lowest BCUT2D eigenvalue weighted by atomic mass is 9.60. The van der Waals surface area contributed by atoms with E-state index in [4.69, 9.17) is 4.98 Å². The molecule has 5 aromatic rings. The van der Waals surface area contributed by atoms with Crippen molar-refractivity contribution in [3.63, 3.8) is 0 Å². The van der Waals surface area contributed by atoms with Crippen LogP contribution in [0.3, 0.4) is 0 Å². The molecule has 1 spiro atoms. The van der Waals surface area contributed by atoms with Crippen LogP contribution < -0.4 is 15.1 Å². The number of benzene rings is 3. The van der Waals surface area contributed by atoms with Crippen LogP contribution in [0.4, 0.5) is 11.4 Å². The van der Waals surface area contributed by atoms with Crippen LogP contribution in [-0.2, 0) is 9.59 Å². The quantitative estimate of drug-likeness (QED) is 0.139. The van der Waals surface area contributed by atoms with Gasteiger partial charge < -0.3 is 19.8 Å². The fourth-order valence-corrected chi connectivity index (χ4v) is 10.4. The van der Waals surface area contributed by atoms with Gasteiger partial charge in [-0.05, 0) is 87.3 Å². The Balaban J connectivity index is 0.764. The molecule has 6 heterocycles. The van der Waals surface area contributed by atoms with Crippen LogP contribution >= 0.6 is 0 Å². The lowest BCUT2D eigenvalue weighted by Gasteiger charge is -2.56. The van der Waals surface area contributed by atoms with Gasteiger partial charge in [0.15, 0.2) is 11.6 Å². The largest absolute Gasteiger partial charge is 0.371 e. The van der Waals surface area contributed by atoms with Crippen LogP contribution in [0.2, 0.25) is 0 Å². The van der Waals surface area contributed by atoms with E-state index in [0.717, 1.165) is 96.2 Å². The number of imide groups is 2. The summed E-state index contributed by atoms with van der Waals surface area (Å²) in [5.41, 5.74) is 8.95. The minimum absolute atomic E-state index is 0.0193. The van der Waals surface area contributed by atoms with Gasteiger partial charge in [-0.25, -0.2) is 4.98 Å². The summed E-state index contributed by atoms with van der Waals surface area (Å²) in [5.74, 6) is -1.16. The average molecular weight is 779 g/mol. The van der Waals surface area contributed by atoms with Gasteiger partial charge in [0.05, 0.1) is 33.5 Å². The Labute approximate surface area is 335 Å². The van der Waals surface area contributed by atoms with E-state index in [0.29, 0.717) is 34.0 Å². The molecule has 1 aliphatic carbocycles. The topological polar surface area (TPSA) is 155 Å². The molecule has 4 amide bonds. The summed E-state index contributed by atoms with van der Waals surface area (Å²) in [6.45, 7) is 9.07. The molecule has 2 aromatic heterocycles. The maximum Gasteiger partial charge on any atom is 0.264 e. The Kier molecular flexibility index (Phi) is 8.63. The molecule has 1 saturated carbocycles. The fraction of sp³-hybridized carbons (Fsp3) is 0.378. The van der Waals surface area contributed by atoms with Crippen molar-refractivity contribution in [2.24, 2.45) is 5.41 Å². The number of imidazole rings is 1. The second kappa shape index (κ2) is 13.8. The first-order chi connectivity index (χ1) is 28.1. The molecule has 3 aromatic carbocycles. The monoisotopic (exact) mass is 778 g/mol. The third-order valence-corrected chi connectivity index (χ3v) is 13.4. The predicted molar refractivity (Wildman–Crippen MR) is 220 cm³/mol. The molecule has 4 fully saturated rings. The molecule has 0 radical (unpaired) electrons. The first-order valence-corrected chi connectivity index (χ1v) is 20.4. The number of ketones is 1. The molecule has 0 bridgehead atoms. The molecule has 3 saturated heterocycles. The summed E-state index contributed by atoms with van der Waals surface area (Å²) in [4.78, 5) is 84.5. The van der Waals surface area contributed by atoms with Crippen LogP contribution in [0.5, 0.6) is 0 Å². The number of hydrogen-bond acceptors (Lipinski definition) is 9. The Bertz CT molecular complexity index is 2520. The maximum atomic E-state index is 13.7. The minimum atomic E-state index is -0.970. The molecular formula is C45H46N8O5. The molecule has 13 heteroatoms. The molecule has 5 aliphatic rings. The number of anilines is 2. The van der Waals surface area contributed by atoms with E-state index in [2.05, 4.69) is 48.2 Å². The highest BCUT2D eigenvalue weighted by molar-refractivity contribution is 6.25.